The molecule has 2 aliphatic rings. The minimum Gasteiger partial charge on any atom is -0.389 e. The lowest BCUT2D eigenvalue weighted by Gasteiger charge is -2.42. The van der Waals surface area contributed by atoms with Gasteiger partial charge in [-0.3, -0.25) is 9.59 Å². The minimum atomic E-state index is -4.07. The second-order valence-electron chi connectivity index (χ2n) is 9.97. The number of aliphatic hydroxyl groups is 1. The Labute approximate surface area is 228 Å². The van der Waals surface area contributed by atoms with Gasteiger partial charge in [0.05, 0.1) is 33.8 Å². The summed E-state index contributed by atoms with van der Waals surface area (Å²) >= 11 is 6.23. The smallest absolute Gasteiger partial charge is 0.255 e. The van der Waals surface area contributed by atoms with E-state index >= 15 is 0 Å². The van der Waals surface area contributed by atoms with Crippen molar-refractivity contribution in [2.45, 2.75) is 47.9 Å². The lowest BCUT2D eigenvalue weighted by Crippen LogP contribution is -2.50. The number of anilines is 1. The summed E-state index contributed by atoms with van der Waals surface area (Å²) in [5.41, 5.74) is -1.83. The van der Waals surface area contributed by atoms with Crippen LogP contribution >= 0.6 is 11.6 Å². The lowest BCUT2D eigenvalue weighted by atomic mass is 9.72. The first kappa shape index (κ1) is 29.3. The van der Waals surface area contributed by atoms with E-state index in [1.807, 2.05) is 0 Å². The first-order valence-electron chi connectivity index (χ1n) is 12.3. The second kappa shape index (κ2) is 11.4. The van der Waals surface area contributed by atoms with Crippen molar-refractivity contribution >= 4 is 38.9 Å². The van der Waals surface area contributed by atoms with Crippen molar-refractivity contribution in [3.05, 3.63) is 58.4 Å². The molecular formula is C26H28ClF3N2O6S. The predicted octanol–water partition coefficient (Wildman–Crippen LogP) is 3.86. The highest BCUT2D eigenvalue weighted by molar-refractivity contribution is 7.92. The zero-order valence-corrected chi connectivity index (χ0v) is 22.5. The number of methoxy groups -OCH3 is 1. The third kappa shape index (κ3) is 5.93. The highest BCUT2D eigenvalue weighted by atomic mass is 35.5. The predicted molar refractivity (Wildman–Crippen MR) is 137 cm³/mol. The first-order valence-corrected chi connectivity index (χ1v) is 14.3. The van der Waals surface area contributed by atoms with Crippen molar-refractivity contribution < 1.29 is 41.0 Å². The highest BCUT2D eigenvalue weighted by Gasteiger charge is 2.56. The van der Waals surface area contributed by atoms with Crippen molar-refractivity contribution in [3.63, 3.8) is 0 Å². The third-order valence-electron chi connectivity index (χ3n) is 7.62. The topological polar surface area (TPSA) is 122 Å². The highest BCUT2D eigenvalue weighted by Crippen LogP contribution is 2.53. The van der Waals surface area contributed by atoms with Crippen molar-refractivity contribution in [2.24, 2.45) is 11.8 Å². The molecule has 2 fully saturated rings. The summed E-state index contributed by atoms with van der Waals surface area (Å²) < 4.78 is 72.5. The van der Waals surface area contributed by atoms with E-state index in [4.69, 9.17) is 16.3 Å². The lowest BCUT2D eigenvalue weighted by molar-refractivity contribution is -0.132. The van der Waals surface area contributed by atoms with Gasteiger partial charge in [-0.15, -0.1) is 0 Å². The molecule has 2 saturated carbocycles. The van der Waals surface area contributed by atoms with Gasteiger partial charge in [0, 0.05) is 37.0 Å². The van der Waals surface area contributed by atoms with E-state index in [9.17, 15) is 36.3 Å². The van der Waals surface area contributed by atoms with Crippen LogP contribution in [0.3, 0.4) is 0 Å². The molecule has 2 aromatic carbocycles. The summed E-state index contributed by atoms with van der Waals surface area (Å²) in [7, 11) is -2.57. The number of halogens is 4. The number of nitrogens with one attached hydrogen (secondary N) is 2. The zero-order valence-electron chi connectivity index (χ0n) is 21.0. The van der Waals surface area contributed by atoms with Crippen molar-refractivity contribution in [1.29, 1.82) is 0 Å². The van der Waals surface area contributed by atoms with E-state index in [2.05, 4.69) is 10.6 Å². The van der Waals surface area contributed by atoms with E-state index in [-0.39, 0.29) is 46.3 Å². The number of hydrogen-bond acceptors (Lipinski definition) is 6. The van der Waals surface area contributed by atoms with Crippen molar-refractivity contribution in [1.82, 2.24) is 5.32 Å². The number of hydrogen-bond donors (Lipinski definition) is 3. The monoisotopic (exact) mass is 588 g/mol. The summed E-state index contributed by atoms with van der Waals surface area (Å²) in [4.78, 5) is 24.8. The number of ether oxygens (including phenoxy) is 1. The van der Waals surface area contributed by atoms with Crippen LogP contribution in [0.5, 0.6) is 0 Å². The van der Waals surface area contributed by atoms with Crippen LogP contribution in [0.1, 0.15) is 42.5 Å². The molecule has 212 valence electrons. The Morgan fingerprint density at radius 3 is 2.31 bits per heavy atom. The van der Waals surface area contributed by atoms with E-state index in [1.54, 1.807) is 0 Å². The van der Waals surface area contributed by atoms with Gasteiger partial charge in [0.2, 0.25) is 5.91 Å². The second-order valence-corrected chi connectivity index (χ2v) is 12.6. The minimum absolute atomic E-state index is 0.113. The molecule has 2 amide bonds. The maximum atomic E-state index is 13.7. The van der Waals surface area contributed by atoms with Crippen LogP contribution in [-0.2, 0) is 19.4 Å². The molecule has 0 aliphatic heterocycles. The Hall–Kier alpha value is -2.67. The van der Waals surface area contributed by atoms with Crippen LogP contribution in [0.15, 0.2) is 35.2 Å². The number of rotatable bonds is 9. The fourth-order valence-corrected chi connectivity index (χ4v) is 8.04. The van der Waals surface area contributed by atoms with Gasteiger partial charge < -0.3 is 20.5 Å². The third-order valence-corrected chi connectivity index (χ3v) is 10.3. The standard InChI is InChI=1S/C26H28ClF3N2O6S/c1-38-7-6-31-23(33)13-26(35)15-3-4-16(26)10-18(9-15)39(36,37)22-8-14(2-5-19(22)27)25(34)32-17-11-20(28)24(30)21(29)12-17/h2,5,8,11-12,15-16,18,35H,3-4,6-7,9-10,13H2,1H3,(H,31,33)(H,32,34)/t15-,16?,18-,26-/m0/s1. The average Bonchev–Trinajstić information content (AvgIpc) is 3.03. The molecule has 4 rings (SSSR count). The van der Waals surface area contributed by atoms with E-state index in [0.717, 1.165) is 6.07 Å². The summed E-state index contributed by atoms with van der Waals surface area (Å²) in [6, 6.07) is 4.75. The van der Waals surface area contributed by atoms with E-state index in [1.165, 1.54) is 19.2 Å². The SMILES string of the molecule is COCCNC(=O)C[C@@]1(O)C2CC[C@H]1C[C@H](S(=O)(=O)c1cc(C(=O)Nc3cc(F)c(F)c(F)c3)ccc1Cl)C2. The Morgan fingerprint density at radius 2 is 1.72 bits per heavy atom. The summed E-state index contributed by atoms with van der Waals surface area (Å²) in [5.74, 6) is -6.74. The Bertz CT molecular complexity index is 1350. The molecule has 0 spiro atoms. The van der Waals surface area contributed by atoms with Crippen LogP contribution in [0, 0.1) is 29.3 Å². The average molecular weight is 589 g/mol. The molecule has 0 saturated heterocycles. The number of carbonyl (C=O) groups excluding carboxylic acids is 2. The van der Waals surface area contributed by atoms with Gasteiger partial charge in [0.15, 0.2) is 27.3 Å². The molecule has 0 heterocycles. The molecule has 4 atom stereocenters. The van der Waals surface area contributed by atoms with E-state index in [0.29, 0.717) is 38.1 Å². The molecule has 8 nitrogen and oxygen atoms in total. The summed E-state index contributed by atoms with van der Waals surface area (Å²) in [6.07, 6.45) is 1.22. The largest absolute Gasteiger partial charge is 0.389 e. The van der Waals surface area contributed by atoms with Gasteiger partial charge in [-0.2, -0.15) is 0 Å². The van der Waals surface area contributed by atoms with Gasteiger partial charge in [-0.05, 0) is 55.7 Å². The molecule has 2 aliphatic carbocycles. The maximum absolute atomic E-state index is 13.7. The fraction of sp³-hybridized carbons (Fsp3) is 0.462. The quantitative estimate of drug-likeness (QED) is 0.302. The van der Waals surface area contributed by atoms with Crippen molar-refractivity contribution in [3.8, 4) is 0 Å². The van der Waals surface area contributed by atoms with Gasteiger partial charge in [-0.1, -0.05) is 11.6 Å². The van der Waals surface area contributed by atoms with Crippen LogP contribution in [0.4, 0.5) is 18.9 Å². The molecule has 39 heavy (non-hydrogen) atoms. The molecule has 1 unspecified atom stereocenters. The normalized spacial score (nSPS) is 24.4. The maximum Gasteiger partial charge on any atom is 0.255 e. The Morgan fingerprint density at radius 1 is 1.10 bits per heavy atom. The van der Waals surface area contributed by atoms with Gasteiger partial charge in [0.25, 0.3) is 5.91 Å². The van der Waals surface area contributed by atoms with Crippen molar-refractivity contribution in [2.75, 3.05) is 25.6 Å². The number of sulfone groups is 1. The van der Waals surface area contributed by atoms with Crippen LogP contribution in [-0.4, -0.2) is 56.5 Å². The van der Waals surface area contributed by atoms with E-state index < -0.39 is 55.9 Å². The molecular weight excluding hydrogens is 561 g/mol. The number of fused-ring (bicyclic) bond motifs is 2. The van der Waals surface area contributed by atoms with Gasteiger partial charge in [0.1, 0.15) is 0 Å². The molecule has 13 heteroatoms. The number of carbonyl (C=O) groups is 2. The molecule has 2 bridgehead atoms. The van der Waals surface area contributed by atoms with Crippen LogP contribution < -0.4 is 10.6 Å². The summed E-state index contributed by atoms with van der Waals surface area (Å²) in [6.45, 7) is 0.623. The first-order chi connectivity index (χ1) is 18.4. The Balaban J connectivity index is 1.52. The van der Waals surface area contributed by atoms with Crippen LogP contribution in [0.2, 0.25) is 5.02 Å². The number of amides is 2. The Kier molecular flexibility index (Phi) is 8.60. The molecule has 0 aromatic heterocycles. The number of benzene rings is 2. The molecule has 0 radical (unpaired) electrons. The molecule has 2 aromatic rings. The zero-order chi connectivity index (χ0) is 28.5. The molecule has 3 N–H and O–H groups in total. The van der Waals surface area contributed by atoms with Crippen LogP contribution in [0.25, 0.3) is 0 Å². The van der Waals surface area contributed by atoms with Gasteiger partial charge >= 0.3 is 0 Å². The van der Waals surface area contributed by atoms with Gasteiger partial charge in [-0.25, -0.2) is 21.6 Å². The fourth-order valence-electron chi connectivity index (χ4n) is 5.64. The summed E-state index contributed by atoms with van der Waals surface area (Å²) in [5, 5.41) is 15.3.